The molecule has 2 aromatic rings. The Morgan fingerprint density at radius 3 is 2.25 bits per heavy atom. The van der Waals surface area contributed by atoms with E-state index < -0.39 is 0 Å². The maximum Gasteiger partial charge on any atom is 0.131 e. The highest BCUT2D eigenvalue weighted by Gasteiger charge is 1.98. The summed E-state index contributed by atoms with van der Waals surface area (Å²) in [5, 5.41) is 0. The zero-order valence-electron chi connectivity index (χ0n) is 9.01. The van der Waals surface area contributed by atoms with E-state index in [0.717, 1.165) is 22.7 Å². The monoisotopic (exact) mass is 210 g/mol. The Morgan fingerprint density at radius 1 is 0.875 bits per heavy atom. The summed E-state index contributed by atoms with van der Waals surface area (Å²) in [7, 11) is 7.22. The van der Waals surface area contributed by atoms with Gasteiger partial charge in [0.2, 0.25) is 0 Å². The Hall–Kier alpha value is -1.90. The molecule has 0 N–H and O–H groups in total. The average molecular weight is 210 g/mol. The van der Waals surface area contributed by atoms with Crippen LogP contribution in [0.15, 0.2) is 48.5 Å². The van der Waals surface area contributed by atoms with E-state index in [1.54, 1.807) is 19.2 Å². The average Bonchev–Trinajstić information content (AvgIpc) is 2.32. The van der Waals surface area contributed by atoms with Gasteiger partial charge in [0.1, 0.15) is 25.1 Å². The van der Waals surface area contributed by atoms with Gasteiger partial charge in [-0.25, -0.2) is 0 Å². The number of benzene rings is 2. The first kappa shape index (κ1) is 10.6. The van der Waals surface area contributed by atoms with Crippen LogP contribution in [-0.4, -0.2) is 15.0 Å². The van der Waals surface area contributed by atoms with E-state index in [1.165, 1.54) is 0 Å². The molecule has 0 bridgehead atoms. The molecule has 16 heavy (non-hydrogen) atoms. The summed E-state index contributed by atoms with van der Waals surface area (Å²) >= 11 is 0. The minimum absolute atomic E-state index is 0.720. The van der Waals surface area contributed by atoms with Crippen LogP contribution in [0.2, 0.25) is 0 Å². The van der Waals surface area contributed by atoms with Gasteiger partial charge in [-0.1, -0.05) is 23.7 Å². The highest BCUT2D eigenvalue weighted by Crippen LogP contribution is 2.24. The number of rotatable bonds is 3. The molecule has 0 aliphatic heterocycles. The van der Waals surface area contributed by atoms with Crippen LogP contribution in [0.5, 0.6) is 17.2 Å². The summed E-state index contributed by atoms with van der Waals surface area (Å²) in [6.07, 6.45) is 0. The third-order valence-electron chi connectivity index (χ3n) is 2.16. The molecule has 0 spiro atoms. The van der Waals surface area contributed by atoms with E-state index in [2.05, 4.69) is 0 Å². The molecule has 0 unspecified atom stereocenters. The van der Waals surface area contributed by atoms with Gasteiger partial charge in [0.05, 0.1) is 7.11 Å². The molecule has 0 fully saturated rings. The Labute approximate surface area is 96.2 Å². The van der Waals surface area contributed by atoms with Crippen LogP contribution in [0.4, 0.5) is 0 Å². The van der Waals surface area contributed by atoms with Gasteiger partial charge in [-0.05, 0) is 24.3 Å². The van der Waals surface area contributed by atoms with Crippen molar-refractivity contribution in [2.45, 2.75) is 0 Å². The van der Waals surface area contributed by atoms with E-state index in [1.807, 2.05) is 36.4 Å². The van der Waals surface area contributed by atoms with Crippen LogP contribution in [0.1, 0.15) is 0 Å². The van der Waals surface area contributed by atoms with Gasteiger partial charge in [-0.2, -0.15) is 0 Å². The highest BCUT2D eigenvalue weighted by molar-refractivity contribution is 6.32. The van der Waals surface area contributed by atoms with Gasteiger partial charge >= 0.3 is 0 Å². The molecule has 2 rings (SSSR count). The zero-order valence-corrected chi connectivity index (χ0v) is 9.01. The van der Waals surface area contributed by atoms with Crippen molar-refractivity contribution < 1.29 is 9.47 Å². The molecule has 0 saturated heterocycles. The molecule has 2 radical (unpaired) electrons. The smallest absolute Gasteiger partial charge is 0.131 e. The number of ether oxygens (including phenoxy) is 2. The summed E-state index contributed by atoms with van der Waals surface area (Å²) in [6.45, 7) is 0. The van der Waals surface area contributed by atoms with Crippen molar-refractivity contribution in [2.75, 3.05) is 7.11 Å². The van der Waals surface area contributed by atoms with E-state index in [4.69, 9.17) is 17.3 Å². The molecule has 0 aliphatic rings. The van der Waals surface area contributed by atoms with E-state index in [9.17, 15) is 0 Å². The van der Waals surface area contributed by atoms with Gasteiger partial charge in [0.15, 0.2) is 0 Å². The summed E-state index contributed by atoms with van der Waals surface area (Å²) in [6, 6.07) is 14.7. The van der Waals surface area contributed by atoms with Crippen molar-refractivity contribution in [3.8, 4) is 17.2 Å². The molecule has 0 saturated carbocycles. The van der Waals surface area contributed by atoms with Gasteiger partial charge < -0.3 is 9.47 Å². The molecular weight excluding hydrogens is 199 g/mol. The molecule has 3 heteroatoms. The van der Waals surface area contributed by atoms with E-state index in [0.29, 0.717) is 0 Å². The second kappa shape index (κ2) is 4.75. The van der Waals surface area contributed by atoms with Crippen LogP contribution in [0, 0.1) is 0 Å². The van der Waals surface area contributed by atoms with E-state index in [-0.39, 0.29) is 0 Å². The minimum atomic E-state index is 0.720. The Balaban J connectivity index is 2.16. The predicted octanol–water partition coefficient (Wildman–Crippen LogP) is 2.28. The number of hydrogen-bond donors (Lipinski definition) is 0. The van der Waals surface area contributed by atoms with Gasteiger partial charge in [0.25, 0.3) is 0 Å². The van der Waals surface area contributed by atoms with Crippen LogP contribution in [0.25, 0.3) is 0 Å². The summed E-state index contributed by atoms with van der Waals surface area (Å²) in [4.78, 5) is 0. The van der Waals surface area contributed by atoms with E-state index >= 15 is 0 Å². The van der Waals surface area contributed by atoms with Gasteiger partial charge in [-0.15, -0.1) is 0 Å². The Morgan fingerprint density at radius 2 is 1.56 bits per heavy atom. The Bertz CT molecular complexity index is 466. The molecule has 78 valence electrons. The maximum absolute atomic E-state index is 5.64. The third kappa shape index (κ3) is 2.57. The van der Waals surface area contributed by atoms with Crippen molar-refractivity contribution >= 4 is 13.3 Å². The largest absolute Gasteiger partial charge is 0.497 e. The summed E-state index contributed by atoms with van der Waals surface area (Å²) < 4.78 is 10.8. The SMILES string of the molecule is [B]c1ccc(Oc2cccc(OC)c2)cc1. The lowest BCUT2D eigenvalue weighted by atomic mass is 9.97. The molecule has 0 amide bonds. The predicted molar refractivity (Wildman–Crippen MR) is 64.9 cm³/mol. The van der Waals surface area contributed by atoms with Crippen molar-refractivity contribution in [3.63, 3.8) is 0 Å². The minimum Gasteiger partial charge on any atom is -0.497 e. The normalized spacial score (nSPS) is 9.81. The van der Waals surface area contributed by atoms with Crippen molar-refractivity contribution in [1.29, 1.82) is 0 Å². The molecule has 0 heterocycles. The third-order valence-corrected chi connectivity index (χ3v) is 2.16. The maximum atomic E-state index is 5.64. The first-order valence-electron chi connectivity index (χ1n) is 4.95. The topological polar surface area (TPSA) is 18.5 Å². The van der Waals surface area contributed by atoms with Crippen LogP contribution < -0.4 is 14.9 Å². The molecule has 0 aliphatic carbocycles. The quantitative estimate of drug-likeness (QED) is 0.723. The van der Waals surface area contributed by atoms with Crippen LogP contribution in [-0.2, 0) is 0 Å². The molecule has 2 aromatic carbocycles. The Kier molecular flexibility index (Phi) is 3.15. The van der Waals surface area contributed by atoms with Crippen LogP contribution in [0.3, 0.4) is 0 Å². The molecular formula is C13H11BO2. The summed E-state index contributed by atoms with van der Waals surface area (Å²) in [5.74, 6) is 2.26. The molecule has 0 atom stereocenters. The first-order chi connectivity index (χ1) is 7.78. The lowest BCUT2D eigenvalue weighted by Crippen LogP contribution is -1.99. The fourth-order valence-corrected chi connectivity index (χ4v) is 1.34. The van der Waals surface area contributed by atoms with Crippen molar-refractivity contribution in [3.05, 3.63) is 48.5 Å². The highest BCUT2D eigenvalue weighted by atomic mass is 16.5. The van der Waals surface area contributed by atoms with Crippen molar-refractivity contribution in [2.24, 2.45) is 0 Å². The number of methoxy groups -OCH3 is 1. The fourth-order valence-electron chi connectivity index (χ4n) is 1.34. The fraction of sp³-hybridized carbons (Fsp3) is 0.0769. The lowest BCUT2D eigenvalue weighted by Gasteiger charge is -2.07. The second-order valence-corrected chi connectivity index (χ2v) is 3.35. The standard InChI is InChI=1S/C13H11BO2/c1-15-12-3-2-4-13(9-12)16-11-7-5-10(14)6-8-11/h2-9H,1H3. The number of hydrogen-bond acceptors (Lipinski definition) is 2. The first-order valence-corrected chi connectivity index (χ1v) is 4.95. The molecule has 2 nitrogen and oxygen atoms in total. The van der Waals surface area contributed by atoms with Gasteiger partial charge in [-0.3, -0.25) is 0 Å². The zero-order chi connectivity index (χ0) is 11.4. The molecule has 0 aromatic heterocycles. The van der Waals surface area contributed by atoms with Crippen molar-refractivity contribution in [1.82, 2.24) is 0 Å². The second-order valence-electron chi connectivity index (χ2n) is 3.35. The van der Waals surface area contributed by atoms with Crippen LogP contribution >= 0.6 is 0 Å². The lowest BCUT2D eigenvalue weighted by molar-refractivity contribution is 0.409. The summed E-state index contributed by atoms with van der Waals surface area (Å²) in [5.41, 5.74) is 0.720. The van der Waals surface area contributed by atoms with Gasteiger partial charge in [0, 0.05) is 6.07 Å².